The number of anilines is 1. The molecule has 0 bridgehead atoms. The van der Waals surface area contributed by atoms with Crippen molar-refractivity contribution in [3.8, 4) is 0 Å². The zero-order chi connectivity index (χ0) is 22.1. The van der Waals surface area contributed by atoms with E-state index in [2.05, 4.69) is 15.0 Å². The van der Waals surface area contributed by atoms with Gasteiger partial charge in [-0.2, -0.15) is 4.98 Å². The first-order valence-corrected chi connectivity index (χ1v) is 12.0. The molecule has 0 aromatic carbocycles. The van der Waals surface area contributed by atoms with Gasteiger partial charge in [-0.1, -0.05) is 11.4 Å². The van der Waals surface area contributed by atoms with Crippen molar-refractivity contribution in [3.63, 3.8) is 0 Å². The van der Waals surface area contributed by atoms with E-state index in [-0.39, 0.29) is 23.7 Å². The molecule has 0 aliphatic carbocycles. The number of hydrogen-bond acceptors (Lipinski definition) is 12. The van der Waals surface area contributed by atoms with Gasteiger partial charge in [0, 0.05) is 19.6 Å². The van der Waals surface area contributed by atoms with Gasteiger partial charge in [0.25, 0.3) is 5.56 Å². The molecule has 4 heterocycles. The van der Waals surface area contributed by atoms with E-state index >= 15 is 0 Å². The molecule has 2 aliphatic heterocycles. The lowest BCUT2D eigenvalue weighted by molar-refractivity contribution is -0.165. The van der Waals surface area contributed by atoms with Crippen molar-refractivity contribution in [2.45, 2.75) is 38.4 Å². The summed E-state index contributed by atoms with van der Waals surface area (Å²) in [6.45, 7) is 3.10. The lowest BCUT2D eigenvalue weighted by Gasteiger charge is -2.24. The maximum absolute atomic E-state index is 12.1. The minimum Gasteiger partial charge on any atom is -0.456 e. The van der Waals surface area contributed by atoms with Crippen LogP contribution in [0, 0.1) is 0 Å². The van der Waals surface area contributed by atoms with Gasteiger partial charge in [0.2, 0.25) is 13.5 Å². The highest BCUT2D eigenvalue weighted by molar-refractivity contribution is 8.53. The molecule has 2 fully saturated rings. The highest BCUT2D eigenvalue weighted by atomic mass is 32.7. The quantitative estimate of drug-likeness (QED) is 0.440. The standard InChI is InChI=1S/C16H20N5O8PS/c1-7(22)27-11-9(5-26-30-25-3-4-31-30)29-15(12(11)28-8(2)23)21-6-18-10-13(21)19-16(17)20-14(10)24/h6,9,11-12,15H,3-5H2,1-2H3,(H3,17,19,20,24)/t9-,11-,12-,15-,30?/m1/s1. The first-order chi connectivity index (χ1) is 14.8. The molecule has 2 saturated heterocycles. The summed E-state index contributed by atoms with van der Waals surface area (Å²) in [5, 5.41) is 0. The number of imidazole rings is 1. The molecule has 0 spiro atoms. The molecule has 0 radical (unpaired) electrons. The zero-order valence-electron chi connectivity index (χ0n) is 16.5. The Morgan fingerprint density at radius 1 is 1.35 bits per heavy atom. The second kappa shape index (κ2) is 9.09. The number of aromatic nitrogens is 4. The third-order valence-corrected chi connectivity index (χ3v) is 7.56. The first kappa shape index (κ1) is 22.0. The largest absolute Gasteiger partial charge is 0.456 e. The van der Waals surface area contributed by atoms with E-state index < -0.39 is 49.6 Å². The van der Waals surface area contributed by atoms with Crippen molar-refractivity contribution >= 4 is 48.0 Å². The van der Waals surface area contributed by atoms with Crippen LogP contribution in [0.1, 0.15) is 20.1 Å². The van der Waals surface area contributed by atoms with Crippen molar-refractivity contribution in [2.75, 3.05) is 24.7 Å². The number of fused-ring (bicyclic) bond motifs is 1. The molecule has 1 unspecified atom stereocenters. The molecule has 15 heteroatoms. The van der Waals surface area contributed by atoms with E-state index in [4.69, 9.17) is 29.0 Å². The molecule has 5 atom stereocenters. The number of nitrogen functional groups attached to an aromatic ring is 1. The summed E-state index contributed by atoms with van der Waals surface area (Å²) in [5.41, 5.74) is 5.30. The number of nitrogens with one attached hydrogen (secondary N) is 1. The molecular weight excluding hydrogens is 453 g/mol. The van der Waals surface area contributed by atoms with Crippen LogP contribution in [-0.4, -0.2) is 68.7 Å². The molecular formula is C16H20N5O8PS. The molecule has 0 saturated carbocycles. The van der Waals surface area contributed by atoms with Crippen LogP contribution in [0.4, 0.5) is 5.95 Å². The Hall–Kier alpha value is -2.25. The number of nitrogens with two attached hydrogens (primary N) is 1. The van der Waals surface area contributed by atoms with Crippen LogP contribution in [-0.2, 0) is 32.8 Å². The van der Waals surface area contributed by atoms with Crippen LogP contribution in [0.15, 0.2) is 11.1 Å². The minimum absolute atomic E-state index is 0.0299. The number of aromatic amines is 1. The summed E-state index contributed by atoms with van der Waals surface area (Å²) in [7, 11) is -1.13. The molecule has 4 rings (SSSR count). The van der Waals surface area contributed by atoms with Crippen LogP contribution in [0.2, 0.25) is 0 Å². The van der Waals surface area contributed by atoms with Crippen LogP contribution in [0.5, 0.6) is 0 Å². The summed E-state index contributed by atoms with van der Waals surface area (Å²) in [6, 6.07) is 0. The molecule has 13 nitrogen and oxygen atoms in total. The van der Waals surface area contributed by atoms with Gasteiger partial charge in [-0.3, -0.25) is 23.9 Å². The van der Waals surface area contributed by atoms with Crippen LogP contribution >= 0.6 is 19.0 Å². The molecule has 31 heavy (non-hydrogen) atoms. The lowest BCUT2D eigenvalue weighted by atomic mass is 10.1. The average Bonchev–Trinajstić information content (AvgIpc) is 3.40. The summed E-state index contributed by atoms with van der Waals surface area (Å²) in [6.07, 6.45) is -2.46. The fraction of sp³-hybridized carbons (Fsp3) is 0.562. The van der Waals surface area contributed by atoms with Gasteiger partial charge < -0.3 is 29.0 Å². The van der Waals surface area contributed by atoms with Crippen LogP contribution < -0.4 is 11.3 Å². The van der Waals surface area contributed by atoms with Gasteiger partial charge in [-0.05, 0) is 0 Å². The molecule has 2 aromatic rings. The van der Waals surface area contributed by atoms with Gasteiger partial charge in [0.15, 0.2) is 29.6 Å². The number of rotatable bonds is 6. The molecule has 2 aliphatic rings. The van der Waals surface area contributed by atoms with E-state index in [9.17, 15) is 14.4 Å². The van der Waals surface area contributed by atoms with E-state index in [1.165, 1.54) is 24.7 Å². The molecule has 0 amide bonds. The summed E-state index contributed by atoms with van der Waals surface area (Å²) >= 11 is 1.55. The van der Waals surface area contributed by atoms with Crippen molar-refractivity contribution in [1.82, 2.24) is 19.5 Å². The SMILES string of the molecule is CC(=O)O[C@@H]1[C@H](OC(C)=O)[C@@H](COP2OCCS2)O[C@H]1n1cnc2c(=O)[nH]c(N)nc21. The zero-order valence-corrected chi connectivity index (χ0v) is 18.3. The number of H-pyrrole nitrogens is 1. The third kappa shape index (κ3) is 4.67. The first-order valence-electron chi connectivity index (χ1n) is 9.24. The Kier molecular flexibility index (Phi) is 6.44. The number of carbonyl (C=O) groups excluding carboxylic acids is 2. The second-order valence-corrected chi connectivity index (χ2v) is 9.97. The van der Waals surface area contributed by atoms with Gasteiger partial charge in [-0.15, -0.1) is 0 Å². The number of nitrogens with zero attached hydrogens (tertiary/aromatic N) is 3. The van der Waals surface area contributed by atoms with E-state index in [1.807, 2.05) is 0 Å². The van der Waals surface area contributed by atoms with Gasteiger partial charge in [0.05, 0.1) is 19.5 Å². The highest BCUT2D eigenvalue weighted by Crippen LogP contribution is 2.56. The Labute approximate surface area is 180 Å². The monoisotopic (exact) mass is 473 g/mol. The fourth-order valence-corrected chi connectivity index (χ4v) is 6.00. The van der Waals surface area contributed by atoms with Crippen molar-refractivity contribution < 1.29 is 32.8 Å². The summed E-state index contributed by atoms with van der Waals surface area (Å²) < 4.78 is 29.6. The Balaban J connectivity index is 1.68. The molecule has 168 valence electrons. The van der Waals surface area contributed by atoms with Crippen molar-refractivity contribution in [3.05, 3.63) is 16.7 Å². The van der Waals surface area contributed by atoms with E-state index in [0.717, 1.165) is 5.75 Å². The third-order valence-electron chi connectivity index (χ3n) is 4.44. The number of esters is 2. The summed E-state index contributed by atoms with van der Waals surface area (Å²) in [5.74, 6) is -0.476. The van der Waals surface area contributed by atoms with E-state index in [1.54, 1.807) is 11.4 Å². The molecule has 2 aromatic heterocycles. The topological polar surface area (TPSA) is 170 Å². The maximum Gasteiger partial charge on any atom is 0.303 e. The predicted molar refractivity (Wildman–Crippen MR) is 109 cm³/mol. The number of hydrogen-bond donors (Lipinski definition) is 2. The van der Waals surface area contributed by atoms with Crippen LogP contribution in [0.3, 0.4) is 0 Å². The van der Waals surface area contributed by atoms with Gasteiger partial charge in [-0.25, -0.2) is 4.98 Å². The number of carbonyl (C=O) groups is 2. The van der Waals surface area contributed by atoms with E-state index in [0.29, 0.717) is 6.61 Å². The van der Waals surface area contributed by atoms with Crippen molar-refractivity contribution in [2.24, 2.45) is 0 Å². The lowest BCUT2D eigenvalue weighted by Crippen LogP contribution is -2.40. The minimum atomic E-state index is -1.13. The normalized spacial score (nSPS) is 28.1. The average molecular weight is 473 g/mol. The predicted octanol–water partition coefficient (Wildman–Crippen LogP) is 0.470. The fourth-order valence-electron chi connectivity index (χ4n) is 3.32. The van der Waals surface area contributed by atoms with Crippen LogP contribution in [0.25, 0.3) is 11.2 Å². The Bertz CT molecular complexity index is 1040. The maximum atomic E-state index is 12.1. The molecule has 3 N–H and O–H groups in total. The van der Waals surface area contributed by atoms with Gasteiger partial charge >= 0.3 is 11.9 Å². The second-order valence-electron chi connectivity index (χ2n) is 6.67. The Morgan fingerprint density at radius 2 is 2.10 bits per heavy atom. The van der Waals surface area contributed by atoms with Crippen molar-refractivity contribution in [1.29, 1.82) is 0 Å². The van der Waals surface area contributed by atoms with Gasteiger partial charge in [0.1, 0.15) is 6.10 Å². The number of ether oxygens (including phenoxy) is 3. The Morgan fingerprint density at radius 3 is 2.77 bits per heavy atom. The summed E-state index contributed by atoms with van der Waals surface area (Å²) in [4.78, 5) is 46.2. The smallest absolute Gasteiger partial charge is 0.303 e. The highest BCUT2D eigenvalue weighted by Gasteiger charge is 2.51.